The third-order valence-corrected chi connectivity index (χ3v) is 5.81. The highest BCUT2D eigenvalue weighted by Crippen LogP contribution is 2.29. The van der Waals surface area contributed by atoms with E-state index in [1.165, 1.54) is 9.58 Å². The Balaban J connectivity index is 1.80. The first-order valence-corrected chi connectivity index (χ1v) is 11.5. The highest BCUT2D eigenvalue weighted by molar-refractivity contribution is 6.42. The van der Waals surface area contributed by atoms with E-state index in [2.05, 4.69) is 15.7 Å². The summed E-state index contributed by atoms with van der Waals surface area (Å²) in [5.74, 6) is -1.80. The van der Waals surface area contributed by atoms with E-state index in [-0.39, 0.29) is 24.2 Å². The summed E-state index contributed by atoms with van der Waals surface area (Å²) < 4.78 is 28.6. The van der Waals surface area contributed by atoms with Gasteiger partial charge >= 0.3 is 6.03 Å². The molecule has 0 atom stereocenters. The lowest BCUT2D eigenvalue weighted by Crippen LogP contribution is -2.40. The second kappa shape index (κ2) is 10.6. The minimum absolute atomic E-state index is 0.168. The van der Waals surface area contributed by atoms with E-state index < -0.39 is 23.6 Å². The average Bonchev–Trinajstić information content (AvgIpc) is 3.20. The zero-order valence-corrected chi connectivity index (χ0v) is 21.1. The Morgan fingerprint density at radius 3 is 2.34 bits per heavy atom. The van der Waals surface area contributed by atoms with E-state index in [1.54, 1.807) is 31.2 Å². The quantitative estimate of drug-likeness (QED) is 0.400. The number of nitrogens with one attached hydrogen (secondary N) is 2. The van der Waals surface area contributed by atoms with Crippen molar-refractivity contribution in [1.29, 1.82) is 0 Å². The minimum Gasteiger partial charge on any atom is -0.315 e. The predicted molar refractivity (Wildman–Crippen MR) is 134 cm³/mol. The molecule has 7 nitrogen and oxygen atoms in total. The Bertz CT molecular complexity index is 1260. The van der Waals surface area contributed by atoms with Crippen molar-refractivity contribution in [2.45, 2.75) is 33.1 Å². The Morgan fingerprint density at radius 1 is 1.03 bits per heavy atom. The van der Waals surface area contributed by atoms with Gasteiger partial charge in [-0.15, -0.1) is 0 Å². The van der Waals surface area contributed by atoms with Crippen LogP contribution < -0.4 is 10.6 Å². The smallest absolute Gasteiger partial charge is 0.315 e. The number of hydrogen-bond donors (Lipinski definition) is 2. The molecule has 0 radical (unpaired) electrons. The van der Waals surface area contributed by atoms with Crippen LogP contribution in [0.2, 0.25) is 10.0 Å². The van der Waals surface area contributed by atoms with Crippen molar-refractivity contribution in [3.05, 3.63) is 69.8 Å². The molecule has 0 saturated heterocycles. The van der Waals surface area contributed by atoms with Gasteiger partial charge in [0.2, 0.25) is 5.91 Å². The van der Waals surface area contributed by atoms with Crippen LogP contribution in [0.1, 0.15) is 33.4 Å². The second-order valence-electron chi connectivity index (χ2n) is 8.79. The summed E-state index contributed by atoms with van der Waals surface area (Å²) in [7, 11) is 0. The van der Waals surface area contributed by atoms with Crippen LogP contribution >= 0.6 is 23.2 Å². The standard InChI is InChI=1S/C24H25Cl2F2N5O2/c1-5-32(23(35)29-19-9-6-14(27)10-18(19)28)13-22(34)30-21-12-20(24(2,3)4)31-33(21)15-7-8-16(25)17(26)11-15/h6-12H,5,13H2,1-4H3,(H,29,35)(H,30,34). The number of halogens is 4. The molecule has 0 aliphatic carbocycles. The van der Waals surface area contributed by atoms with Crippen molar-refractivity contribution in [3.63, 3.8) is 0 Å². The third kappa shape index (κ3) is 6.49. The van der Waals surface area contributed by atoms with E-state index in [0.717, 1.165) is 17.8 Å². The lowest BCUT2D eigenvalue weighted by molar-refractivity contribution is -0.116. The lowest BCUT2D eigenvalue weighted by Gasteiger charge is -2.21. The molecule has 0 fully saturated rings. The van der Waals surface area contributed by atoms with Gasteiger partial charge in [-0.2, -0.15) is 5.10 Å². The first-order valence-electron chi connectivity index (χ1n) is 10.8. The first kappa shape index (κ1) is 26.4. The maximum Gasteiger partial charge on any atom is 0.322 e. The first-order chi connectivity index (χ1) is 16.4. The van der Waals surface area contributed by atoms with E-state index in [9.17, 15) is 18.4 Å². The van der Waals surface area contributed by atoms with E-state index >= 15 is 0 Å². The van der Waals surface area contributed by atoms with Gasteiger partial charge in [-0.25, -0.2) is 18.3 Å². The van der Waals surface area contributed by atoms with Gasteiger partial charge in [0.05, 0.1) is 27.1 Å². The number of carbonyl (C=O) groups is 2. The van der Waals surface area contributed by atoms with Crippen molar-refractivity contribution in [2.75, 3.05) is 23.7 Å². The Labute approximate surface area is 212 Å². The summed E-state index contributed by atoms with van der Waals surface area (Å²) in [6.45, 7) is 7.48. The van der Waals surface area contributed by atoms with Crippen LogP contribution in [0.4, 0.5) is 25.1 Å². The third-order valence-electron chi connectivity index (χ3n) is 5.07. The van der Waals surface area contributed by atoms with Crippen LogP contribution in [0, 0.1) is 11.6 Å². The van der Waals surface area contributed by atoms with Crippen LogP contribution in [-0.4, -0.2) is 39.7 Å². The summed E-state index contributed by atoms with van der Waals surface area (Å²) in [5, 5.41) is 10.5. The maximum atomic E-state index is 13.9. The predicted octanol–water partition coefficient (Wildman–Crippen LogP) is 6.25. The second-order valence-corrected chi connectivity index (χ2v) is 9.61. The molecular weight excluding hydrogens is 499 g/mol. The van der Waals surface area contributed by atoms with Crippen LogP contribution in [0.3, 0.4) is 0 Å². The van der Waals surface area contributed by atoms with Crippen LogP contribution in [0.5, 0.6) is 0 Å². The SMILES string of the molecule is CCN(CC(=O)Nc1cc(C(C)(C)C)nn1-c1ccc(Cl)c(Cl)c1)C(=O)Nc1ccc(F)cc1F. The normalized spacial score (nSPS) is 11.3. The zero-order valence-electron chi connectivity index (χ0n) is 19.6. The molecule has 3 amide bonds. The number of aromatic nitrogens is 2. The number of hydrogen-bond acceptors (Lipinski definition) is 3. The molecule has 3 rings (SSSR count). The summed E-state index contributed by atoms with van der Waals surface area (Å²) in [5.41, 5.74) is 0.802. The van der Waals surface area contributed by atoms with E-state index in [0.29, 0.717) is 27.6 Å². The number of likely N-dealkylation sites (N-methyl/N-ethyl adjacent to an activating group) is 1. The Hall–Kier alpha value is -3.17. The molecule has 186 valence electrons. The summed E-state index contributed by atoms with van der Waals surface area (Å²) in [6.07, 6.45) is 0. The number of amides is 3. The molecule has 2 N–H and O–H groups in total. The number of carbonyl (C=O) groups excluding carboxylic acids is 2. The maximum absolute atomic E-state index is 13.9. The van der Waals surface area contributed by atoms with E-state index in [1.807, 2.05) is 20.8 Å². The van der Waals surface area contributed by atoms with Gasteiger partial charge in [0, 0.05) is 24.1 Å². The molecule has 11 heteroatoms. The van der Waals surface area contributed by atoms with Crippen LogP contribution in [0.25, 0.3) is 5.69 Å². The fourth-order valence-electron chi connectivity index (χ4n) is 3.12. The Kier molecular flexibility index (Phi) is 8.02. The lowest BCUT2D eigenvalue weighted by atomic mass is 9.92. The van der Waals surface area contributed by atoms with Crippen molar-refractivity contribution >= 4 is 46.6 Å². The highest BCUT2D eigenvalue weighted by Gasteiger charge is 2.23. The topological polar surface area (TPSA) is 79.3 Å². The van der Waals surface area contributed by atoms with Crippen LogP contribution in [-0.2, 0) is 10.2 Å². The molecule has 0 bridgehead atoms. The molecule has 35 heavy (non-hydrogen) atoms. The molecular formula is C24H25Cl2F2N5O2. The van der Waals surface area contributed by atoms with Gasteiger partial charge in [-0.3, -0.25) is 4.79 Å². The minimum atomic E-state index is -0.918. The Morgan fingerprint density at radius 2 is 1.74 bits per heavy atom. The summed E-state index contributed by atoms with van der Waals surface area (Å²) in [4.78, 5) is 26.6. The zero-order chi connectivity index (χ0) is 25.9. The van der Waals surface area contributed by atoms with Gasteiger partial charge in [0.1, 0.15) is 24.0 Å². The largest absolute Gasteiger partial charge is 0.322 e. The van der Waals surface area contributed by atoms with Gasteiger partial charge < -0.3 is 15.5 Å². The molecule has 3 aromatic rings. The van der Waals surface area contributed by atoms with Crippen molar-refractivity contribution in [1.82, 2.24) is 14.7 Å². The summed E-state index contributed by atoms with van der Waals surface area (Å²) >= 11 is 12.2. The molecule has 1 aromatic heterocycles. The molecule has 0 unspecified atom stereocenters. The molecule has 0 saturated carbocycles. The monoisotopic (exact) mass is 523 g/mol. The number of nitrogens with zero attached hydrogens (tertiary/aromatic N) is 3. The number of rotatable bonds is 6. The molecule has 2 aromatic carbocycles. The fourth-order valence-corrected chi connectivity index (χ4v) is 3.41. The molecule has 1 heterocycles. The van der Waals surface area contributed by atoms with Crippen molar-refractivity contribution < 1.29 is 18.4 Å². The van der Waals surface area contributed by atoms with Gasteiger partial charge in [-0.1, -0.05) is 44.0 Å². The number of benzene rings is 2. The van der Waals surface area contributed by atoms with Gasteiger partial charge in [-0.05, 0) is 37.3 Å². The van der Waals surface area contributed by atoms with Gasteiger partial charge in [0.15, 0.2) is 0 Å². The number of urea groups is 1. The average molecular weight is 524 g/mol. The number of anilines is 2. The van der Waals surface area contributed by atoms with Crippen molar-refractivity contribution in [2.24, 2.45) is 0 Å². The van der Waals surface area contributed by atoms with E-state index in [4.69, 9.17) is 23.2 Å². The molecule has 0 aliphatic heterocycles. The molecule has 0 aliphatic rings. The van der Waals surface area contributed by atoms with Crippen molar-refractivity contribution in [3.8, 4) is 5.69 Å². The fraction of sp³-hybridized carbons (Fsp3) is 0.292. The highest BCUT2D eigenvalue weighted by atomic mass is 35.5. The van der Waals surface area contributed by atoms with Gasteiger partial charge in [0.25, 0.3) is 0 Å². The molecule has 0 spiro atoms. The van der Waals surface area contributed by atoms with Crippen LogP contribution in [0.15, 0.2) is 42.5 Å². The summed E-state index contributed by atoms with van der Waals surface area (Å²) in [6, 6.07) is 8.80.